The van der Waals surface area contributed by atoms with Crippen molar-refractivity contribution < 1.29 is 0 Å². The van der Waals surface area contributed by atoms with Crippen LogP contribution < -0.4 is 11.1 Å². The predicted octanol–water partition coefficient (Wildman–Crippen LogP) is 1.26. The molecule has 0 amide bonds. The molecule has 3 N–H and O–H groups in total. The summed E-state index contributed by atoms with van der Waals surface area (Å²) < 4.78 is 0. The van der Waals surface area contributed by atoms with E-state index in [-0.39, 0.29) is 0 Å². The quantitative estimate of drug-likeness (QED) is 0.527. The van der Waals surface area contributed by atoms with Gasteiger partial charge in [-0.2, -0.15) is 0 Å². The lowest BCUT2D eigenvalue weighted by Crippen LogP contribution is -2.34. The number of hydrogen-bond donors (Lipinski definition) is 2. The molecule has 5 nitrogen and oxygen atoms in total. The molecule has 0 aliphatic rings. The lowest BCUT2D eigenvalue weighted by atomic mass is 10.3. The molecule has 0 fully saturated rings. The van der Waals surface area contributed by atoms with Crippen molar-refractivity contribution in [2.24, 2.45) is 10.7 Å². The Labute approximate surface area is 122 Å². The van der Waals surface area contributed by atoms with E-state index in [9.17, 15) is 0 Å². The molecule has 0 aromatic carbocycles. The minimum absolute atomic E-state index is 0.522. The van der Waals surface area contributed by atoms with Crippen molar-refractivity contribution in [3.63, 3.8) is 0 Å². The number of nitrogens with zero attached hydrogens (tertiary/aromatic N) is 3. The highest BCUT2D eigenvalue weighted by Gasteiger charge is 1.99. The van der Waals surface area contributed by atoms with Crippen LogP contribution in [0.5, 0.6) is 0 Å². The molecule has 5 heteroatoms. The average Bonchev–Trinajstić information content (AvgIpc) is 2.47. The van der Waals surface area contributed by atoms with E-state index < -0.39 is 0 Å². The first kappa shape index (κ1) is 16.4. The summed E-state index contributed by atoms with van der Waals surface area (Å²) in [6.07, 6.45) is 3.84. The molecule has 0 aliphatic carbocycles. The minimum atomic E-state index is 0.522. The lowest BCUT2D eigenvalue weighted by molar-refractivity contribution is 0.297. The van der Waals surface area contributed by atoms with Gasteiger partial charge in [-0.25, -0.2) is 0 Å². The number of likely N-dealkylation sites (N-methyl/N-ethyl adjacent to an activating group) is 1. The van der Waals surface area contributed by atoms with E-state index >= 15 is 0 Å². The molecule has 0 atom stereocenters. The van der Waals surface area contributed by atoms with Gasteiger partial charge in [0.25, 0.3) is 0 Å². The number of aromatic nitrogens is 1. The van der Waals surface area contributed by atoms with E-state index in [1.165, 1.54) is 6.42 Å². The fraction of sp³-hybridized carbons (Fsp3) is 0.600. The lowest BCUT2D eigenvalue weighted by Gasteiger charge is -2.18. The highest BCUT2D eigenvalue weighted by molar-refractivity contribution is 5.77. The Morgan fingerprint density at radius 1 is 1.35 bits per heavy atom. The second-order valence-electron chi connectivity index (χ2n) is 4.70. The molecular formula is C15H27N5. The van der Waals surface area contributed by atoms with Gasteiger partial charge in [0.15, 0.2) is 5.96 Å². The van der Waals surface area contributed by atoms with Crippen molar-refractivity contribution in [3.8, 4) is 0 Å². The summed E-state index contributed by atoms with van der Waals surface area (Å²) in [6.45, 7) is 9.03. The maximum atomic E-state index is 5.84. The van der Waals surface area contributed by atoms with Gasteiger partial charge in [0.1, 0.15) is 0 Å². The van der Waals surface area contributed by atoms with E-state index in [2.05, 4.69) is 34.0 Å². The summed E-state index contributed by atoms with van der Waals surface area (Å²) in [7, 11) is 0. The Kier molecular flexibility index (Phi) is 8.38. The van der Waals surface area contributed by atoms with Crippen LogP contribution in [0.3, 0.4) is 0 Å². The zero-order valence-corrected chi connectivity index (χ0v) is 12.7. The maximum absolute atomic E-state index is 5.84. The third kappa shape index (κ3) is 7.09. The first-order valence-electron chi connectivity index (χ1n) is 7.42. The molecule has 0 spiro atoms. The third-order valence-corrected chi connectivity index (χ3v) is 3.10. The van der Waals surface area contributed by atoms with Gasteiger partial charge in [-0.05, 0) is 31.6 Å². The predicted molar refractivity (Wildman–Crippen MR) is 84.8 cm³/mol. The van der Waals surface area contributed by atoms with Crippen LogP contribution in [0.1, 0.15) is 26.0 Å². The van der Waals surface area contributed by atoms with Crippen LogP contribution in [0.25, 0.3) is 0 Å². The SMILES string of the molecule is CCCN(CC)CCN=C(N)NCCc1ccccn1. The molecule has 1 aromatic heterocycles. The van der Waals surface area contributed by atoms with Crippen LogP contribution in [0.4, 0.5) is 0 Å². The van der Waals surface area contributed by atoms with Crippen LogP contribution in [-0.4, -0.2) is 48.6 Å². The van der Waals surface area contributed by atoms with Gasteiger partial charge in [0.2, 0.25) is 0 Å². The Morgan fingerprint density at radius 2 is 2.20 bits per heavy atom. The van der Waals surface area contributed by atoms with Crippen molar-refractivity contribution in [1.82, 2.24) is 15.2 Å². The maximum Gasteiger partial charge on any atom is 0.188 e. The van der Waals surface area contributed by atoms with Gasteiger partial charge in [-0.15, -0.1) is 0 Å². The topological polar surface area (TPSA) is 66.5 Å². The highest BCUT2D eigenvalue weighted by atomic mass is 15.1. The van der Waals surface area contributed by atoms with Crippen LogP contribution in [0.2, 0.25) is 0 Å². The fourth-order valence-electron chi connectivity index (χ4n) is 1.98. The molecule has 112 valence electrons. The van der Waals surface area contributed by atoms with Gasteiger partial charge in [0.05, 0.1) is 6.54 Å². The molecule has 1 aromatic rings. The molecule has 1 rings (SSSR count). The second-order valence-corrected chi connectivity index (χ2v) is 4.70. The number of hydrogen-bond acceptors (Lipinski definition) is 3. The highest BCUT2D eigenvalue weighted by Crippen LogP contribution is 1.93. The van der Waals surface area contributed by atoms with Crippen LogP contribution >= 0.6 is 0 Å². The average molecular weight is 277 g/mol. The van der Waals surface area contributed by atoms with E-state index in [4.69, 9.17) is 5.73 Å². The van der Waals surface area contributed by atoms with Crippen molar-refractivity contribution >= 4 is 5.96 Å². The number of aliphatic imine (C=N–C) groups is 1. The van der Waals surface area contributed by atoms with Gasteiger partial charge in [0, 0.05) is 31.4 Å². The van der Waals surface area contributed by atoms with Gasteiger partial charge >= 0.3 is 0 Å². The first-order valence-corrected chi connectivity index (χ1v) is 7.42. The summed E-state index contributed by atoms with van der Waals surface area (Å²) in [5.74, 6) is 0.522. The zero-order valence-electron chi connectivity index (χ0n) is 12.7. The van der Waals surface area contributed by atoms with Gasteiger partial charge < -0.3 is 16.0 Å². The third-order valence-electron chi connectivity index (χ3n) is 3.10. The van der Waals surface area contributed by atoms with Crippen LogP contribution in [-0.2, 0) is 6.42 Å². The van der Waals surface area contributed by atoms with Crippen molar-refractivity contribution in [3.05, 3.63) is 30.1 Å². The molecule has 20 heavy (non-hydrogen) atoms. The van der Waals surface area contributed by atoms with Crippen molar-refractivity contribution in [2.75, 3.05) is 32.7 Å². The molecule has 0 radical (unpaired) electrons. The Hall–Kier alpha value is -1.62. The largest absolute Gasteiger partial charge is 0.370 e. The number of rotatable bonds is 9. The molecule has 0 saturated heterocycles. The van der Waals surface area contributed by atoms with Gasteiger partial charge in [-0.3, -0.25) is 9.98 Å². The van der Waals surface area contributed by atoms with E-state index in [1.807, 2.05) is 18.2 Å². The molecule has 0 unspecified atom stereocenters. The number of pyridine rings is 1. The Balaban J connectivity index is 2.18. The smallest absolute Gasteiger partial charge is 0.188 e. The van der Waals surface area contributed by atoms with E-state index in [0.29, 0.717) is 5.96 Å². The van der Waals surface area contributed by atoms with Crippen LogP contribution in [0.15, 0.2) is 29.4 Å². The molecular weight excluding hydrogens is 250 g/mol. The summed E-state index contributed by atoms with van der Waals surface area (Å²) in [5.41, 5.74) is 6.90. The first-order chi connectivity index (χ1) is 9.76. The Bertz CT molecular complexity index is 377. The van der Waals surface area contributed by atoms with Gasteiger partial charge in [-0.1, -0.05) is 19.9 Å². The van der Waals surface area contributed by atoms with E-state index in [0.717, 1.165) is 44.8 Å². The Morgan fingerprint density at radius 3 is 2.85 bits per heavy atom. The summed E-state index contributed by atoms with van der Waals surface area (Å²) in [4.78, 5) is 11.0. The van der Waals surface area contributed by atoms with Crippen molar-refractivity contribution in [1.29, 1.82) is 0 Å². The summed E-state index contributed by atoms with van der Waals surface area (Å²) >= 11 is 0. The summed E-state index contributed by atoms with van der Waals surface area (Å²) in [6, 6.07) is 5.92. The van der Waals surface area contributed by atoms with Crippen molar-refractivity contribution in [2.45, 2.75) is 26.7 Å². The monoisotopic (exact) mass is 277 g/mol. The molecule has 0 bridgehead atoms. The second kappa shape index (κ2) is 10.2. The normalized spacial score (nSPS) is 11.8. The number of nitrogens with one attached hydrogen (secondary N) is 1. The molecule has 0 aliphatic heterocycles. The number of nitrogens with two attached hydrogens (primary N) is 1. The standard InChI is InChI=1S/C15H27N5/c1-3-12-20(4-2)13-11-19-15(16)18-10-8-14-7-5-6-9-17-14/h5-7,9H,3-4,8,10-13H2,1-2H3,(H3,16,18,19). The van der Waals surface area contributed by atoms with Crippen LogP contribution in [0, 0.1) is 0 Å². The molecule has 1 heterocycles. The number of guanidine groups is 1. The minimum Gasteiger partial charge on any atom is -0.370 e. The summed E-state index contributed by atoms with van der Waals surface area (Å²) in [5, 5.41) is 3.12. The van der Waals surface area contributed by atoms with E-state index in [1.54, 1.807) is 6.20 Å². The zero-order chi connectivity index (χ0) is 14.6. The molecule has 0 saturated carbocycles. The fourth-order valence-corrected chi connectivity index (χ4v) is 1.98.